The number of amides is 1. The monoisotopic (exact) mass is 338 g/mol. The van der Waals surface area contributed by atoms with Crippen LogP contribution in [0.15, 0.2) is 18.2 Å². The van der Waals surface area contributed by atoms with E-state index in [2.05, 4.69) is 0 Å². The van der Waals surface area contributed by atoms with Crippen molar-refractivity contribution < 1.29 is 27.7 Å². The van der Waals surface area contributed by atoms with Gasteiger partial charge in [-0.3, -0.25) is 19.7 Å². The summed E-state index contributed by atoms with van der Waals surface area (Å²) in [5, 5.41) is 11.7. The fraction of sp³-hybridized carbons (Fsp3) is 0.417. The van der Waals surface area contributed by atoms with E-state index in [0.29, 0.717) is 17.2 Å². The van der Waals surface area contributed by atoms with Gasteiger partial charge in [-0.2, -0.15) is 18.2 Å². The molecule has 0 saturated carbocycles. The number of alkyl halides is 4. The lowest BCUT2D eigenvalue weighted by molar-refractivity contribution is -0.384. The molecular weight excluding hydrogens is 329 g/mol. The molecule has 0 radical (unpaired) electrons. The molecule has 22 heavy (non-hydrogen) atoms. The number of benzene rings is 1. The molecule has 1 aromatic carbocycles. The highest BCUT2D eigenvalue weighted by atomic mass is 35.5. The van der Waals surface area contributed by atoms with E-state index in [4.69, 9.17) is 16.4 Å². The number of nitro benzene ring substituents is 1. The normalized spacial score (nSPS) is 22.2. The molecule has 120 valence electrons. The lowest BCUT2D eigenvalue weighted by atomic mass is 10.1. The summed E-state index contributed by atoms with van der Waals surface area (Å²) in [5.74, 6) is -1.42. The maximum atomic E-state index is 12.6. The van der Waals surface area contributed by atoms with Crippen molar-refractivity contribution in [2.45, 2.75) is 19.2 Å². The molecule has 0 spiro atoms. The highest BCUT2D eigenvalue weighted by molar-refractivity contribution is 6.20. The van der Waals surface area contributed by atoms with Crippen molar-refractivity contribution in [1.29, 1.82) is 0 Å². The maximum absolute atomic E-state index is 12.6. The van der Waals surface area contributed by atoms with Gasteiger partial charge >= 0.3 is 6.18 Å². The van der Waals surface area contributed by atoms with Crippen LogP contribution in [0.25, 0.3) is 0 Å². The predicted octanol–water partition coefficient (Wildman–Crippen LogP) is 3.14. The van der Waals surface area contributed by atoms with Crippen molar-refractivity contribution >= 4 is 28.9 Å². The fourth-order valence-corrected chi connectivity index (χ4v) is 2.41. The van der Waals surface area contributed by atoms with Gasteiger partial charge in [-0.1, -0.05) is 0 Å². The van der Waals surface area contributed by atoms with E-state index in [1.807, 2.05) is 0 Å². The Labute approximate surface area is 127 Å². The first-order chi connectivity index (χ1) is 10.2. The Bertz CT molecular complexity index is 623. The number of anilines is 1. The van der Waals surface area contributed by atoms with Crippen LogP contribution in [0.3, 0.4) is 0 Å². The summed E-state index contributed by atoms with van der Waals surface area (Å²) in [4.78, 5) is 27.3. The van der Waals surface area contributed by atoms with Crippen LogP contribution in [-0.2, 0) is 15.8 Å². The Morgan fingerprint density at radius 3 is 2.55 bits per heavy atom. The Hall–Kier alpha value is -1.87. The Morgan fingerprint density at radius 1 is 1.45 bits per heavy atom. The maximum Gasteiger partial charge on any atom is 0.416 e. The number of hydrogen-bond donors (Lipinski definition) is 0. The molecule has 0 aromatic heterocycles. The Kier molecular flexibility index (Phi) is 4.30. The van der Waals surface area contributed by atoms with Gasteiger partial charge in [-0.15, -0.1) is 11.6 Å². The van der Waals surface area contributed by atoms with E-state index in [9.17, 15) is 28.1 Å². The van der Waals surface area contributed by atoms with Crippen molar-refractivity contribution in [2.75, 3.05) is 10.9 Å². The molecule has 2 rings (SSSR count). The quantitative estimate of drug-likeness (QED) is 0.482. The minimum absolute atomic E-state index is 0.0646. The highest BCUT2D eigenvalue weighted by Gasteiger charge is 2.43. The van der Waals surface area contributed by atoms with Crippen molar-refractivity contribution in [3.05, 3.63) is 33.9 Å². The number of carbonyl (C=O) groups excluding carboxylic acids is 1. The number of rotatable bonds is 3. The average molecular weight is 339 g/mol. The fourth-order valence-electron chi connectivity index (χ4n) is 2.03. The summed E-state index contributed by atoms with van der Waals surface area (Å²) in [5.41, 5.74) is -2.41. The summed E-state index contributed by atoms with van der Waals surface area (Å²) in [6, 6.07) is 1.85. The van der Waals surface area contributed by atoms with E-state index >= 15 is 0 Å². The molecule has 2 atom stereocenters. The van der Waals surface area contributed by atoms with E-state index in [0.717, 1.165) is 6.07 Å². The summed E-state index contributed by atoms with van der Waals surface area (Å²) in [6.45, 7) is 1.54. The van der Waals surface area contributed by atoms with Gasteiger partial charge in [0.15, 0.2) is 5.69 Å². The van der Waals surface area contributed by atoms with E-state index in [1.54, 1.807) is 6.92 Å². The molecule has 1 aliphatic rings. The zero-order valence-corrected chi connectivity index (χ0v) is 11.9. The molecule has 1 aliphatic heterocycles. The number of nitrogens with zero attached hydrogens (tertiary/aromatic N) is 2. The molecule has 1 saturated heterocycles. The van der Waals surface area contributed by atoms with Gasteiger partial charge in [0.1, 0.15) is 0 Å². The second kappa shape index (κ2) is 5.73. The second-order valence-electron chi connectivity index (χ2n) is 4.66. The van der Waals surface area contributed by atoms with Crippen LogP contribution in [-0.4, -0.2) is 22.8 Å². The van der Waals surface area contributed by atoms with Crippen molar-refractivity contribution in [1.82, 2.24) is 0 Å². The lowest BCUT2D eigenvalue weighted by Gasteiger charge is -2.16. The van der Waals surface area contributed by atoms with Crippen LogP contribution < -0.4 is 5.06 Å². The van der Waals surface area contributed by atoms with Gasteiger partial charge in [-0.25, -0.2) is 0 Å². The Morgan fingerprint density at radius 2 is 2.09 bits per heavy atom. The van der Waals surface area contributed by atoms with Gasteiger partial charge < -0.3 is 0 Å². The molecule has 0 aliphatic carbocycles. The minimum atomic E-state index is -4.73. The van der Waals surface area contributed by atoms with Crippen LogP contribution in [0.2, 0.25) is 0 Å². The summed E-state index contributed by atoms with van der Waals surface area (Å²) >= 11 is 5.63. The zero-order chi connectivity index (χ0) is 16.7. The third kappa shape index (κ3) is 2.86. The van der Waals surface area contributed by atoms with Gasteiger partial charge in [0.2, 0.25) is 0 Å². The topological polar surface area (TPSA) is 72.7 Å². The summed E-state index contributed by atoms with van der Waals surface area (Å²) in [6.07, 6.45) is -5.36. The predicted molar refractivity (Wildman–Crippen MR) is 70.3 cm³/mol. The number of hydroxylamine groups is 1. The van der Waals surface area contributed by atoms with Gasteiger partial charge in [0.05, 0.1) is 22.5 Å². The number of carbonyl (C=O) groups is 1. The Balaban J connectivity index is 2.48. The van der Waals surface area contributed by atoms with E-state index in [-0.39, 0.29) is 11.6 Å². The van der Waals surface area contributed by atoms with Crippen LogP contribution in [0.4, 0.5) is 24.5 Å². The molecule has 1 aromatic rings. The summed E-state index contributed by atoms with van der Waals surface area (Å²) in [7, 11) is 0. The molecular formula is C12H10ClF3N2O4. The van der Waals surface area contributed by atoms with Gasteiger partial charge in [0.25, 0.3) is 11.6 Å². The first kappa shape index (κ1) is 16.5. The SMILES string of the molecule is CC1ON(c2ccc(C(F)(F)F)cc2[N+](=O)[O-])C(=O)C1CCl. The smallest absolute Gasteiger partial charge is 0.272 e. The average Bonchev–Trinajstić information content (AvgIpc) is 2.71. The zero-order valence-electron chi connectivity index (χ0n) is 11.1. The lowest BCUT2D eigenvalue weighted by Crippen LogP contribution is -2.27. The first-order valence-electron chi connectivity index (χ1n) is 6.09. The molecule has 0 bridgehead atoms. The highest BCUT2D eigenvalue weighted by Crippen LogP contribution is 2.39. The van der Waals surface area contributed by atoms with Crippen LogP contribution in [0.1, 0.15) is 12.5 Å². The molecule has 2 unspecified atom stereocenters. The molecule has 1 heterocycles. The summed E-state index contributed by atoms with van der Waals surface area (Å²) < 4.78 is 37.9. The van der Waals surface area contributed by atoms with Gasteiger partial charge in [0, 0.05) is 11.9 Å². The van der Waals surface area contributed by atoms with Crippen molar-refractivity contribution in [3.8, 4) is 0 Å². The number of hydrogen-bond acceptors (Lipinski definition) is 4. The number of nitro groups is 1. The second-order valence-corrected chi connectivity index (χ2v) is 4.97. The van der Waals surface area contributed by atoms with Crippen LogP contribution >= 0.6 is 11.6 Å². The third-order valence-electron chi connectivity index (χ3n) is 3.24. The largest absolute Gasteiger partial charge is 0.416 e. The molecule has 1 amide bonds. The van der Waals surface area contributed by atoms with Crippen LogP contribution in [0.5, 0.6) is 0 Å². The standard InChI is InChI=1S/C12H10ClF3N2O4/c1-6-8(5-13)11(19)17(22-6)9-3-2-7(12(14,15)16)4-10(9)18(20)21/h2-4,6,8H,5H2,1H3. The van der Waals surface area contributed by atoms with E-state index in [1.165, 1.54) is 0 Å². The molecule has 1 fully saturated rings. The third-order valence-corrected chi connectivity index (χ3v) is 3.57. The minimum Gasteiger partial charge on any atom is -0.272 e. The molecule has 10 heteroatoms. The van der Waals surface area contributed by atoms with Crippen molar-refractivity contribution in [2.24, 2.45) is 5.92 Å². The van der Waals surface area contributed by atoms with Crippen LogP contribution in [0, 0.1) is 16.0 Å². The van der Waals surface area contributed by atoms with E-state index < -0.39 is 40.3 Å². The van der Waals surface area contributed by atoms with Crippen molar-refractivity contribution in [3.63, 3.8) is 0 Å². The van der Waals surface area contributed by atoms with Gasteiger partial charge in [-0.05, 0) is 19.1 Å². The first-order valence-corrected chi connectivity index (χ1v) is 6.62. The number of halogens is 4. The molecule has 0 N–H and O–H groups in total. The molecule has 6 nitrogen and oxygen atoms in total.